The molecule has 0 saturated heterocycles. The van der Waals surface area contributed by atoms with Crippen LogP contribution in [0.2, 0.25) is 0 Å². The Hall–Kier alpha value is -0.970. The van der Waals surface area contributed by atoms with Crippen molar-refractivity contribution >= 4 is 22.4 Å². The van der Waals surface area contributed by atoms with Crippen molar-refractivity contribution in [2.24, 2.45) is 5.92 Å². The first-order chi connectivity index (χ1) is 7.10. The van der Waals surface area contributed by atoms with Crippen LogP contribution in [-0.4, -0.2) is 24.6 Å². The SMILES string of the molecule is CCN(CC(C)C)c1snc(N)c1OC. The van der Waals surface area contributed by atoms with E-state index in [1.807, 2.05) is 0 Å². The Bertz CT molecular complexity index is 312. The second kappa shape index (κ2) is 5.21. The molecule has 0 radical (unpaired) electrons. The normalized spacial score (nSPS) is 10.7. The van der Waals surface area contributed by atoms with E-state index in [1.54, 1.807) is 7.11 Å². The molecule has 0 amide bonds. The summed E-state index contributed by atoms with van der Waals surface area (Å²) >= 11 is 1.40. The predicted octanol–water partition coefficient (Wildman–Crippen LogP) is 2.22. The topological polar surface area (TPSA) is 51.4 Å². The van der Waals surface area contributed by atoms with Gasteiger partial charge in [0, 0.05) is 13.1 Å². The van der Waals surface area contributed by atoms with Gasteiger partial charge >= 0.3 is 0 Å². The molecule has 0 atom stereocenters. The molecule has 15 heavy (non-hydrogen) atoms. The van der Waals surface area contributed by atoms with Crippen LogP contribution in [-0.2, 0) is 0 Å². The van der Waals surface area contributed by atoms with Gasteiger partial charge in [-0.25, -0.2) is 0 Å². The van der Waals surface area contributed by atoms with Crippen molar-refractivity contribution in [1.29, 1.82) is 0 Å². The first-order valence-electron chi connectivity index (χ1n) is 5.14. The summed E-state index contributed by atoms with van der Waals surface area (Å²) in [5.74, 6) is 1.81. The summed E-state index contributed by atoms with van der Waals surface area (Å²) in [7, 11) is 1.63. The Morgan fingerprint density at radius 2 is 2.20 bits per heavy atom. The lowest BCUT2D eigenvalue weighted by Crippen LogP contribution is -2.26. The molecule has 4 nitrogen and oxygen atoms in total. The Balaban J connectivity index is 2.90. The minimum Gasteiger partial charge on any atom is -0.490 e. The van der Waals surface area contributed by atoms with Crippen LogP contribution in [0.3, 0.4) is 0 Å². The maximum Gasteiger partial charge on any atom is 0.197 e. The number of nitrogens with two attached hydrogens (primary N) is 1. The highest BCUT2D eigenvalue weighted by atomic mass is 32.1. The average molecular weight is 229 g/mol. The van der Waals surface area contributed by atoms with E-state index in [9.17, 15) is 0 Å². The first kappa shape index (κ1) is 12.1. The number of hydrogen-bond acceptors (Lipinski definition) is 5. The molecule has 1 heterocycles. The third-order valence-corrected chi connectivity index (χ3v) is 3.02. The Morgan fingerprint density at radius 3 is 2.67 bits per heavy atom. The van der Waals surface area contributed by atoms with Gasteiger partial charge in [-0.15, -0.1) is 0 Å². The average Bonchev–Trinajstić information content (AvgIpc) is 2.55. The van der Waals surface area contributed by atoms with Gasteiger partial charge in [0.1, 0.15) is 0 Å². The molecule has 86 valence electrons. The minimum absolute atomic E-state index is 0.486. The van der Waals surface area contributed by atoms with Crippen molar-refractivity contribution in [1.82, 2.24) is 4.37 Å². The molecule has 0 aliphatic rings. The van der Waals surface area contributed by atoms with E-state index in [0.29, 0.717) is 17.5 Å². The third kappa shape index (κ3) is 2.75. The van der Waals surface area contributed by atoms with Gasteiger partial charge in [0.25, 0.3) is 0 Å². The fraction of sp³-hybridized carbons (Fsp3) is 0.700. The molecular formula is C10H19N3OS. The Kier molecular flexibility index (Phi) is 4.20. The zero-order chi connectivity index (χ0) is 11.4. The molecule has 0 fully saturated rings. The van der Waals surface area contributed by atoms with Crippen LogP contribution in [0.1, 0.15) is 20.8 Å². The van der Waals surface area contributed by atoms with Gasteiger partial charge in [-0.2, -0.15) is 4.37 Å². The molecule has 0 aliphatic carbocycles. The van der Waals surface area contributed by atoms with Crippen LogP contribution in [0.5, 0.6) is 5.75 Å². The summed E-state index contributed by atoms with van der Waals surface area (Å²) in [6.07, 6.45) is 0. The van der Waals surface area contributed by atoms with E-state index in [2.05, 4.69) is 30.0 Å². The van der Waals surface area contributed by atoms with E-state index < -0.39 is 0 Å². The van der Waals surface area contributed by atoms with Gasteiger partial charge in [0.05, 0.1) is 7.11 Å². The van der Waals surface area contributed by atoms with Gasteiger partial charge in [-0.05, 0) is 24.4 Å². The largest absolute Gasteiger partial charge is 0.490 e. The van der Waals surface area contributed by atoms with Crippen molar-refractivity contribution in [3.05, 3.63) is 0 Å². The zero-order valence-electron chi connectivity index (χ0n) is 9.78. The van der Waals surface area contributed by atoms with Crippen LogP contribution >= 0.6 is 11.5 Å². The number of aromatic nitrogens is 1. The number of nitrogens with zero attached hydrogens (tertiary/aromatic N) is 2. The molecular weight excluding hydrogens is 210 g/mol. The van der Waals surface area contributed by atoms with Gasteiger partial charge in [0.15, 0.2) is 16.6 Å². The van der Waals surface area contributed by atoms with Gasteiger partial charge in [0.2, 0.25) is 0 Å². The van der Waals surface area contributed by atoms with Crippen molar-refractivity contribution in [2.75, 3.05) is 30.8 Å². The highest BCUT2D eigenvalue weighted by Gasteiger charge is 2.17. The van der Waals surface area contributed by atoms with Gasteiger partial charge in [-0.3, -0.25) is 0 Å². The molecule has 1 aromatic heterocycles. The molecule has 1 rings (SSSR count). The highest BCUT2D eigenvalue weighted by Crippen LogP contribution is 2.37. The summed E-state index contributed by atoms with van der Waals surface area (Å²) in [6, 6.07) is 0. The summed E-state index contributed by atoms with van der Waals surface area (Å²) in [4.78, 5) is 2.25. The lowest BCUT2D eigenvalue weighted by molar-refractivity contribution is 0.417. The fourth-order valence-electron chi connectivity index (χ4n) is 1.47. The number of methoxy groups -OCH3 is 1. The minimum atomic E-state index is 0.486. The predicted molar refractivity (Wildman–Crippen MR) is 65.8 cm³/mol. The summed E-state index contributed by atoms with van der Waals surface area (Å²) in [5.41, 5.74) is 5.72. The smallest absolute Gasteiger partial charge is 0.197 e. The number of rotatable bonds is 5. The Labute approximate surface area is 95.2 Å². The lowest BCUT2D eigenvalue weighted by atomic mass is 10.2. The quantitative estimate of drug-likeness (QED) is 0.841. The molecule has 0 unspecified atom stereocenters. The third-order valence-electron chi connectivity index (χ3n) is 2.12. The molecule has 2 N–H and O–H groups in total. The van der Waals surface area contributed by atoms with Crippen molar-refractivity contribution in [3.63, 3.8) is 0 Å². The number of ether oxygens (including phenoxy) is 1. The van der Waals surface area contributed by atoms with Crippen LogP contribution in [0.25, 0.3) is 0 Å². The second-order valence-electron chi connectivity index (χ2n) is 3.84. The van der Waals surface area contributed by atoms with E-state index >= 15 is 0 Å². The van der Waals surface area contributed by atoms with Crippen LogP contribution in [0.15, 0.2) is 0 Å². The maximum absolute atomic E-state index is 5.72. The van der Waals surface area contributed by atoms with E-state index in [4.69, 9.17) is 10.5 Å². The molecule has 1 aromatic rings. The summed E-state index contributed by atoms with van der Waals surface area (Å²) in [6.45, 7) is 8.45. The second-order valence-corrected chi connectivity index (χ2v) is 4.59. The van der Waals surface area contributed by atoms with Crippen LogP contribution < -0.4 is 15.4 Å². The van der Waals surface area contributed by atoms with Crippen molar-refractivity contribution in [3.8, 4) is 5.75 Å². The van der Waals surface area contributed by atoms with Crippen molar-refractivity contribution in [2.45, 2.75) is 20.8 Å². The molecule has 0 saturated carbocycles. The lowest BCUT2D eigenvalue weighted by Gasteiger charge is -2.23. The van der Waals surface area contributed by atoms with Crippen LogP contribution in [0, 0.1) is 5.92 Å². The number of hydrogen-bond donors (Lipinski definition) is 1. The summed E-state index contributed by atoms with van der Waals surface area (Å²) < 4.78 is 9.38. The van der Waals surface area contributed by atoms with Crippen molar-refractivity contribution < 1.29 is 4.74 Å². The number of nitrogen functional groups attached to an aromatic ring is 1. The molecule has 0 spiro atoms. The highest BCUT2D eigenvalue weighted by molar-refractivity contribution is 7.11. The Morgan fingerprint density at radius 1 is 1.53 bits per heavy atom. The first-order valence-corrected chi connectivity index (χ1v) is 5.91. The molecule has 0 bridgehead atoms. The van der Waals surface area contributed by atoms with Gasteiger partial charge in [-0.1, -0.05) is 13.8 Å². The standard InChI is InChI=1S/C10H19N3OS/c1-5-13(6-7(2)3)10-8(14-4)9(11)12-15-10/h7H,5-6H2,1-4H3,(H2,11,12). The van der Waals surface area contributed by atoms with Gasteiger partial charge < -0.3 is 15.4 Å². The van der Waals surface area contributed by atoms with E-state index in [0.717, 1.165) is 18.1 Å². The fourth-order valence-corrected chi connectivity index (χ4v) is 2.33. The maximum atomic E-state index is 5.72. The van der Waals surface area contributed by atoms with E-state index in [1.165, 1.54) is 11.5 Å². The zero-order valence-corrected chi connectivity index (χ0v) is 10.6. The molecule has 0 aromatic carbocycles. The molecule has 0 aliphatic heterocycles. The molecule has 5 heteroatoms. The van der Waals surface area contributed by atoms with E-state index in [-0.39, 0.29) is 0 Å². The monoisotopic (exact) mass is 229 g/mol. The van der Waals surface area contributed by atoms with Crippen LogP contribution in [0.4, 0.5) is 10.8 Å². The number of anilines is 2. The summed E-state index contributed by atoms with van der Waals surface area (Å²) in [5, 5.41) is 1.03.